The zero-order chi connectivity index (χ0) is 19.7. The minimum Gasteiger partial charge on any atom is -0.339 e. The van der Waals surface area contributed by atoms with Crippen LogP contribution in [0.5, 0.6) is 0 Å². The van der Waals surface area contributed by atoms with Crippen molar-refractivity contribution in [1.82, 2.24) is 30.4 Å². The molecule has 1 N–H and O–H groups in total. The van der Waals surface area contributed by atoms with Crippen LogP contribution in [-0.4, -0.2) is 63.3 Å². The van der Waals surface area contributed by atoms with E-state index in [9.17, 15) is 9.18 Å². The van der Waals surface area contributed by atoms with Crippen molar-refractivity contribution in [3.8, 4) is 10.7 Å². The zero-order valence-corrected chi connectivity index (χ0v) is 16.5. The highest BCUT2D eigenvalue weighted by molar-refractivity contribution is 7.14. The molecule has 4 rings (SSSR count). The average Bonchev–Trinajstić information content (AvgIpc) is 3.13. The second-order valence-electron chi connectivity index (χ2n) is 6.93. The number of nitrogens with zero attached hydrogens (tertiary/aromatic N) is 5. The number of likely N-dealkylation sites (tertiary alicyclic amines) is 1. The maximum absolute atomic E-state index is 14.1. The number of rotatable bonds is 4. The molecule has 1 aliphatic heterocycles. The van der Waals surface area contributed by atoms with Crippen LogP contribution in [0, 0.1) is 6.92 Å². The Labute approximate surface area is 166 Å². The van der Waals surface area contributed by atoms with E-state index in [-0.39, 0.29) is 24.9 Å². The number of carbonyl (C=O) groups is 1. The van der Waals surface area contributed by atoms with E-state index in [1.807, 2.05) is 19.1 Å². The molecule has 1 saturated heterocycles. The normalized spacial score (nSPS) is 19.9. The minimum absolute atomic E-state index is 0.0990. The Kier molecular flexibility index (Phi) is 5.27. The fourth-order valence-corrected chi connectivity index (χ4v) is 4.08. The van der Waals surface area contributed by atoms with Gasteiger partial charge in [0.2, 0.25) is 5.91 Å². The monoisotopic (exact) mass is 400 g/mol. The summed E-state index contributed by atoms with van der Waals surface area (Å²) in [5.74, 6) is -0.0990. The molecular formula is C19H21FN6OS. The maximum Gasteiger partial charge on any atom is 0.228 e. The molecule has 146 valence electrons. The average molecular weight is 400 g/mol. The van der Waals surface area contributed by atoms with Crippen LogP contribution in [0.3, 0.4) is 0 Å². The molecule has 1 amide bonds. The lowest BCUT2D eigenvalue weighted by Crippen LogP contribution is -2.51. The van der Waals surface area contributed by atoms with Gasteiger partial charge in [-0.25, -0.2) is 4.39 Å². The summed E-state index contributed by atoms with van der Waals surface area (Å²) >= 11 is 1.48. The molecule has 28 heavy (non-hydrogen) atoms. The number of amides is 1. The van der Waals surface area contributed by atoms with Gasteiger partial charge in [-0.1, -0.05) is 11.3 Å². The predicted molar refractivity (Wildman–Crippen MR) is 106 cm³/mol. The van der Waals surface area contributed by atoms with E-state index in [2.05, 4.69) is 25.5 Å². The van der Waals surface area contributed by atoms with Crippen LogP contribution in [0.15, 0.2) is 24.5 Å². The molecule has 0 radical (unpaired) electrons. The smallest absolute Gasteiger partial charge is 0.228 e. The highest BCUT2D eigenvalue weighted by Crippen LogP contribution is 2.25. The van der Waals surface area contributed by atoms with Gasteiger partial charge in [-0.3, -0.25) is 14.8 Å². The summed E-state index contributed by atoms with van der Waals surface area (Å²) in [4.78, 5) is 23.0. The number of pyridine rings is 2. The second kappa shape index (κ2) is 7.84. The first kappa shape index (κ1) is 18.8. The maximum atomic E-state index is 14.1. The highest BCUT2D eigenvalue weighted by atomic mass is 32.1. The van der Waals surface area contributed by atoms with Crippen LogP contribution >= 0.6 is 11.3 Å². The molecule has 0 aliphatic carbocycles. The van der Waals surface area contributed by atoms with Crippen molar-refractivity contribution >= 4 is 28.0 Å². The molecule has 2 atom stereocenters. The molecule has 0 bridgehead atoms. The largest absolute Gasteiger partial charge is 0.339 e. The van der Waals surface area contributed by atoms with E-state index in [0.29, 0.717) is 18.7 Å². The van der Waals surface area contributed by atoms with Crippen molar-refractivity contribution < 1.29 is 9.18 Å². The number of halogens is 1. The predicted octanol–water partition coefficient (Wildman–Crippen LogP) is 2.16. The van der Waals surface area contributed by atoms with Crippen molar-refractivity contribution in [3.05, 3.63) is 35.2 Å². The van der Waals surface area contributed by atoms with Gasteiger partial charge in [0.15, 0.2) is 5.01 Å². The van der Waals surface area contributed by atoms with E-state index in [0.717, 1.165) is 26.5 Å². The highest BCUT2D eigenvalue weighted by Gasteiger charge is 2.30. The van der Waals surface area contributed by atoms with Crippen molar-refractivity contribution in [2.75, 3.05) is 20.1 Å². The van der Waals surface area contributed by atoms with E-state index in [1.54, 1.807) is 24.3 Å². The summed E-state index contributed by atoms with van der Waals surface area (Å²) in [6, 6.07) is 3.64. The minimum atomic E-state index is -1.05. The number of carbonyl (C=O) groups excluding carboxylic acids is 1. The van der Waals surface area contributed by atoms with Gasteiger partial charge < -0.3 is 10.2 Å². The Bertz CT molecular complexity index is 1010. The first-order chi connectivity index (χ1) is 13.5. The molecule has 0 spiro atoms. The Morgan fingerprint density at radius 3 is 2.82 bits per heavy atom. The molecule has 4 heterocycles. The molecule has 1 fully saturated rings. The fourth-order valence-electron chi connectivity index (χ4n) is 3.42. The number of alkyl halides is 1. The lowest BCUT2D eigenvalue weighted by molar-refractivity contribution is -0.133. The van der Waals surface area contributed by atoms with Gasteiger partial charge in [-0.05, 0) is 37.9 Å². The summed E-state index contributed by atoms with van der Waals surface area (Å²) in [5, 5.41) is 14.6. The molecule has 9 heteroatoms. The third-order valence-corrected chi connectivity index (χ3v) is 5.86. The van der Waals surface area contributed by atoms with Crippen molar-refractivity contribution in [1.29, 1.82) is 0 Å². The zero-order valence-electron chi connectivity index (χ0n) is 15.7. The Morgan fingerprint density at radius 2 is 2.11 bits per heavy atom. The van der Waals surface area contributed by atoms with Gasteiger partial charge >= 0.3 is 0 Å². The molecule has 0 unspecified atom stereocenters. The molecule has 7 nitrogen and oxygen atoms in total. The topological polar surface area (TPSA) is 83.9 Å². The van der Waals surface area contributed by atoms with E-state index in [4.69, 9.17) is 0 Å². The summed E-state index contributed by atoms with van der Waals surface area (Å²) in [6.07, 6.45) is 3.19. The third kappa shape index (κ3) is 3.85. The van der Waals surface area contributed by atoms with Crippen molar-refractivity contribution in [2.45, 2.75) is 32.0 Å². The van der Waals surface area contributed by atoms with Gasteiger partial charge in [0.25, 0.3) is 0 Å². The van der Waals surface area contributed by atoms with Crippen LogP contribution < -0.4 is 5.32 Å². The Hall–Kier alpha value is -2.52. The van der Waals surface area contributed by atoms with Crippen LogP contribution in [0.25, 0.3) is 21.5 Å². The number of aromatic nitrogens is 4. The van der Waals surface area contributed by atoms with Gasteiger partial charge in [0.1, 0.15) is 16.9 Å². The van der Waals surface area contributed by atoms with E-state index in [1.165, 1.54) is 11.3 Å². The molecule has 1 aliphatic rings. The number of hydrogen-bond donors (Lipinski definition) is 1. The summed E-state index contributed by atoms with van der Waals surface area (Å²) in [7, 11) is 1.75. The van der Waals surface area contributed by atoms with E-state index >= 15 is 0 Å². The van der Waals surface area contributed by atoms with Crippen LogP contribution in [0.2, 0.25) is 0 Å². The van der Waals surface area contributed by atoms with Crippen molar-refractivity contribution in [2.24, 2.45) is 0 Å². The number of aryl methyl sites for hydroxylation is 1. The molecular weight excluding hydrogens is 379 g/mol. The number of hydrogen-bond acceptors (Lipinski definition) is 7. The lowest BCUT2D eigenvalue weighted by atomic mass is 10.0. The number of fused-ring (bicyclic) bond motifs is 1. The van der Waals surface area contributed by atoms with Crippen molar-refractivity contribution in [3.63, 3.8) is 0 Å². The summed E-state index contributed by atoms with van der Waals surface area (Å²) in [5.41, 5.74) is 1.41. The molecule has 0 saturated carbocycles. The SMILES string of the molecule is CN[C@H]1CCN(C(=O)Cc2cc3cc(-c4nnc(C)s4)ncc3cn2)C[C@@H]1F. The number of nitrogens with one attached hydrogen (secondary N) is 1. The quantitative estimate of drug-likeness (QED) is 0.723. The molecule has 0 aromatic carbocycles. The second-order valence-corrected chi connectivity index (χ2v) is 8.12. The van der Waals surface area contributed by atoms with Crippen LogP contribution in [0.1, 0.15) is 17.1 Å². The number of piperidine rings is 1. The fraction of sp³-hybridized carbons (Fsp3) is 0.421. The Morgan fingerprint density at radius 1 is 1.29 bits per heavy atom. The van der Waals surface area contributed by atoms with Crippen LogP contribution in [-0.2, 0) is 11.2 Å². The molecule has 3 aromatic heterocycles. The standard InChI is InChI=1S/C19H21FN6OS/c1-11-24-25-19(28-11)17-6-12-5-14(22-8-13(12)9-23-17)7-18(27)26-4-3-16(21-2)15(20)10-26/h5-6,8-9,15-16,21H,3-4,7,10H2,1-2H3/t15-,16-/m0/s1. The van der Waals surface area contributed by atoms with Gasteiger partial charge in [-0.2, -0.15) is 0 Å². The van der Waals surface area contributed by atoms with E-state index < -0.39 is 6.17 Å². The van der Waals surface area contributed by atoms with Crippen LogP contribution in [0.4, 0.5) is 4.39 Å². The van der Waals surface area contributed by atoms with Gasteiger partial charge in [0.05, 0.1) is 18.7 Å². The molecule has 3 aromatic rings. The summed E-state index contributed by atoms with van der Waals surface area (Å²) in [6.45, 7) is 2.59. The van der Waals surface area contributed by atoms with Gasteiger partial charge in [-0.15, -0.1) is 10.2 Å². The summed E-state index contributed by atoms with van der Waals surface area (Å²) < 4.78 is 14.1. The van der Waals surface area contributed by atoms with Gasteiger partial charge in [0, 0.05) is 30.4 Å². The third-order valence-electron chi connectivity index (χ3n) is 5.00. The Balaban J connectivity index is 1.51. The lowest BCUT2D eigenvalue weighted by Gasteiger charge is -2.34. The first-order valence-electron chi connectivity index (χ1n) is 9.18. The first-order valence-corrected chi connectivity index (χ1v) is 9.99.